The van der Waals surface area contributed by atoms with Crippen molar-refractivity contribution in [2.75, 3.05) is 10.8 Å². The summed E-state index contributed by atoms with van der Waals surface area (Å²) in [6.07, 6.45) is 4.61. The number of amides is 1. The van der Waals surface area contributed by atoms with Gasteiger partial charge in [-0.1, -0.05) is 40.0 Å². The average molecular weight is 477 g/mol. The van der Waals surface area contributed by atoms with E-state index in [-0.39, 0.29) is 23.4 Å². The van der Waals surface area contributed by atoms with Crippen LogP contribution in [-0.4, -0.2) is 26.9 Å². The van der Waals surface area contributed by atoms with Crippen molar-refractivity contribution in [3.63, 3.8) is 0 Å². The molecule has 2 fully saturated rings. The van der Waals surface area contributed by atoms with Crippen LogP contribution in [-0.2, 0) is 14.8 Å². The van der Waals surface area contributed by atoms with Gasteiger partial charge in [0.25, 0.3) is 10.0 Å². The Balaban J connectivity index is 1.59. The van der Waals surface area contributed by atoms with Crippen molar-refractivity contribution >= 4 is 37.5 Å². The molecule has 0 heterocycles. The van der Waals surface area contributed by atoms with Gasteiger partial charge in [-0.05, 0) is 74.4 Å². The number of nitrogens with zero attached hydrogens (tertiary/aromatic N) is 1. The Kier molecular flexibility index (Phi) is 5.71. The van der Waals surface area contributed by atoms with Crippen LogP contribution in [0.15, 0.2) is 57.9 Å². The zero-order valence-corrected chi connectivity index (χ0v) is 18.7. The van der Waals surface area contributed by atoms with E-state index in [0.29, 0.717) is 17.5 Å². The van der Waals surface area contributed by atoms with Gasteiger partial charge in [0, 0.05) is 10.5 Å². The molecule has 2 aliphatic carbocycles. The summed E-state index contributed by atoms with van der Waals surface area (Å²) in [5.41, 5.74) is 1.45. The highest BCUT2D eigenvalue weighted by Crippen LogP contribution is 2.44. The van der Waals surface area contributed by atoms with Gasteiger partial charge in [-0.2, -0.15) is 0 Å². The van der Waals surface area contributed by atoms with E-state index in [0.717, 1.165) is 22.9 Å². The number of rotatable bonds is 6. The molecule has 2 aromatic carbocycles. The molecule has 0 spiro atoms. The maximum Gasteiger partial charge on any atom is 0.264 e. The molecule has 2 aromatic rings. The maximum atomic E-state index is 13.4. The molecule has 2 bridgehead atoms. The molecule has 1 N–H and O–H groups in total. The van der Waals surface area contributed by atoms with Gasteiger partial charge in [-0.15, -0.1) is 0 Å². The highest BCUT2D eigenvalue weighted by atomic mass is 79.9. The number of fused-ring (bicyclic) bond motifs is 2. The van der Waals surface area contributed by atoms with E-state index in [1.54, 1.807) is 48.5 Å². The first-order valence-corrected chi connectivity index (χ1v) is 12.2. The van der Waals surface area contributed by atoms with Crippen LogP contribution in [0.1, 0.15) is 31.2 Å². The summed E-state index contributed by atoms with van der Waals surface area (Å²) in [4.78, 5) is 13.0. The Morgan fingerprint density at radius 2 is 1.76 bits per heavy atom. The van der Waals surface area contributed by atoms with Gasteiger partial charge in [0.1, 0.15) is 6.54 Å². The summed E-state index contributed by atoms with van der Waals surface area (Å²) in [6.45, 7) is 1.68. The molecule has 2 aliphatic rings. The van der Waals surface area contributed by atoms with Crippen LogP contribution >= 0.6 is 15.9 Å². The molecule has 0 unspecified atom stereocenters. The lowest BCUT2D eigenvalue weighted by Crippen LogP contribution is -2.46. The molecule has 154 valence electrons. The summed E-state index contributed by atoms with van der Waals surface area (Å²) in [5, 5.41) is 3.10. The number of sulfonamides is 1. The molecule has 0 radical (unpaired) electrons. The Bertz CT molecular complexity index is 990. The summed E-state index contributed by atoms with van der Waals surface area (Å²) in [5.74, 6) is 1.00. The fourth-order valence-corrected chi connectivity index (χ4v) is 6.25. The predicted molar refractivity (Wildman–Crippen MR) is 117 cm³/mol. The molecule has 3 atom stereocenters. The molecule has 4 rings (SSSR count). The molecule has 1 amide bonds. The largest absolute Gasteiger partial charge is 0.352 e. The molecule has 29 heavy (non-hydrogen) atoms. The van der Waals surface area contributed by atoms with E-state index in [4.69, 9.17) is 0 Å². The first-order valence-electron chi connectivity index (χ1n) is 9.97. The molecule has 7 heteroatoms. The standard InChI is InChI=1S/C22H25BrN2O3S/c1-15-2-10-20(11-3-15)29(27,28)25(19-8-6-18(23)7-9-19)14-22(26)24-21-13-16-4-5-17(21)12-16/h2-3,6-11,16-17,21H,4-5,12-14H2,1H3,(H,24,26)/t16-,17-,21+/m0/s1. The van der Waals surface area contributed by atoms with Crippen molar-refractivity contribution in [2.45, 2.75) is 43.5 Å². The smallest absolute Gasteiger partial charge is 0.264 e. The second kappa shape index (κ2) is 8.11. The second-order valence-corrected chi connectivity index (χ2v) is 10.9. The minimum Gasteiger partial charge on any atom is -0.352 e. The first kappa shape index (κ1) is 20.4. The SMILES string of the molecule is Cc1ccc(S(=O)(=O)N(CC(=O)N[C@@H]2C[C@H]3CC[C@H]2C3)c2ccc(Br)cc2)cc1. The van der Waals surface area contributed by atoms with Gasteiger partial charge in [0.15, 0.2) is 0 Å². The van der Waals surface area contributed by atoms with E-state index in [9.17, 15) is 13.2 Å². The zero-order chi connectivity index (χ0) is 20.6. The highest BCUT2D eigenvalue weighted by molar-refractivity contribution is 9.10. The zero-order valence-electron chi connectivity index (χ0n) is 16.3. The summed E-state index contributed by atoms with van der Waals surface area (Å²) in [7, 11) is -3.87. The number of carbonyl (C=O) groups excluding carboxylic acids is 1. The summed E-state index contributed by atoms with van der Waals surface area (Å²) < 4.78 is 28.8. The van der Waals surface area contributed by atoms with Crippen molar-refractivity contribution in [1.82, 2.24) is 5.32 Å². The van der Waals surface area contributed by atoms with Gasteiger partial charge < -0.3 is 5.32 Å². The van der Waals surface area contributed by atoms with Gasteiger partial charge in [-0.3, -0.25) is 9.10 Å². The Labute approximate surface area is 180 Å². The van der Waals surface area contributed by atoms with Crippen LogP contribution in [0.25, 0.3) is 0 Å². The van der Waals surface area contributed by atoms with E-state index < -0.39 is 10.0 Å². The number of aryl methyl sites for hydroxylation is 1. The number of benzene rings is 2. The van der Waals surface area contributed by atoms with Crippen LogP contribution in [0.4, 0.5) is 5.69 Å². The van der Waals surface area contributed by atoms with E-state index in [1.165, 1.54) is 17.1 Å². The van der Waals surface area contributed by atoms with Crippen molar-refractivity contribution in [3.8, 4) is 0 Å². The van der Waals surface area contributed by atoms with Crippen LogP contribution in [0, 0.1) is 18.8 Å². The van der Waals surface area contributed by atoms with E-state index in [2.05, 4.69) is 21.2 Å². The number of hydrogen-bond acceptors (Lipinski definition) is 3. The summed E-state index contributed by atoms with van der Waals surface area (Å²) in [6, 6.07) is 13.9. The van der Waals surface area contributed by atoms with Crippen molar-refractivity contribution < 1.29 is 13.2 Å². The molecule has 0 saturated heterocycles. The third-order valence-electron chi connectivity index (χ3n) is 6.10. The number of anilines is 1. The molecular formula is C22H25BrN2O3S. The lowest BCUT2D eigenvalue weighted by Gasteiger charge is -2.27. The number of hydrogen-bond donors (Lipinski definition) is 1. The van der Waals surface area contributed by atoms with E-state index >= 15 is 0 Å². The topological polar surface area (TPSA) is 66.5 Å². The molecular weight excluding hydrogens is 452 g/mol. The average Bonchev–Trinajstić information content (AvgIpc) is 3.30. The lowest BCUT2D eigenvalue weighted by molar-refractivity contribution is -0.120. The van der Waals surface area contributed by atoms with Crippen LogP contribution < -0.4 is 9.62 Å². The van der Waals surface area contributed by atoms with Crippen LogP contribution in [0.2, 0.25) is 0 Å². The Morgan fingerprint density at radius 1 is 1.07 bits per heavy atom. The number of nitrogens with one attached hydrogen (secondary N) is 1. The number of halogens is 1. The fraction of sp³-hybridized carbons (Fsp3) is 0.409. The minimum atomic E-state index is -3.87. The van der Waals surface area contributed by atoms with Gasteiger partial charge in [-0.25, -0.2) is 8.42 Å². The Hall–Kier alpha value is -1.86. The molecule has 2 saturated carbocycles. The van der Waals surface area contributed by atoms with Gasteiger partial charge >= 0.3 is 0 Å². The van der Waals surface area contributed by atoms with Crippen molar-refractivity contribution in [3.05, 3.63) is 58.6 Å². The molecule has 0 aliphatic heterocycles. The predicted octanol–water partition coefficient (Wildman–Crippen LogP) is 4.26. The van der Waals surface area contributed by atoms with Crippen LogP contribution in [0.3, 0.4) is 0 Å². The lowest BCUT2D eigenvalue weighted by atomic mass is 9.95. The molecule has 0 aromatic heterocycles. The quantitative estimate of drug-likeness (QED) is 0.677. The Morgan fingerprint density at radius 3 is 2.34 bits per heavy atom. The van der Waals surface area contributed by atoms with Crippen molar-refractivity contribution in [1.29, 1.82) is 0 Å². The minimum absolute atomic E-state index is 0.176. The van der Waals surface area contributed by atoms with Crippen LogP contribution in [0.5, 0.6) is 0 Å². The second-order valence-electron chi connectivity index (χ2n) is 8.15. The third kappa shape index (κ3) is 4.36. The van der Waals surface area contributed by atoms with Crippen molar-refractivity contribution in [2.24, 2.45) is 11.8 Å². The normalized spacial score (nSPS) is 23.2. The van der Waals surface area contributed by atoms with Gasteiger partial charge in [0.2, 0.25) is 5.91 Å². The highest BCUT2D eigenvalue weighted by Gasteiger charge is 2.40. The third-order valence-corrected chi connectivity index (χ3v) is 8.41. The fourth-order valence-electron chi connectivity index (χ4n) is 4.56. The van der Waals surface area contributed by atoms with Gasteiger partial charge in [0.05, 0.1) is 10.6 Å². The first-order chi connectivity index (χ1) is 13.8. The summed E-state index contributed by atoms with van der Waals surface area (Å²) >= 11 is 3.38. The number of carbonyl (C=O) groups is 1. The monoisotopic (exact) mass is 476 g/mol. The maximum absolute atomic E-state index is 13.4. The van der Waals surface area contributed by atoms with E-state index in [1.807, 2.05) is 6.92 Å². The molecule has 5 nitrogen and oxygen atoms in total.